The average molecular weight is 466 g/mol. The molecule has 12 heteroatoms. The van der Waals surface area contributed by atoms with Gasteiger partial charge in [0.1, 0.15) is 18.1 Å². The van der Waals surface area contributed by atoms with Crippen LogP contribution in [-0.4, -0.2) is 41.0 Å². The van der Waals surface area contributed by atoms with Crippen LogP contribution in [0.25, 0.3) is 0 Å². The van der Waals surface area contributed by atoms with E-state index in [4.69, 9.17) is 11.5 Å². The molecule has 0 unspecified atom stereocenters. The Hall–Kier alpha value is -3.28. The molecule has 2 aromatic rings. The highest BCUT2D eigenvalue weighted by Gasteiger charge is 2.31. The summed E-state index contributed by atoms with van der Waals surface area (Å²) >= 11 is 1.25. The fourth-order valence-electron chi connectivity index (χ4n) is 2.71. The first-order valence-electron chi connectivity index (χ1n) is 9.64. The maximum Gasteiger partial charge on any atom is 0.397 e. The van der Waals surface area contributed by atoms with Crippen LogP contribution in [0.3, 0.4) is 0 Å². The van der Waals surface area contributed by atoms with Crippen molar-refractivity contribution in [2.24, 2.45) is 16.5 Å². The van der Waals surface area contributed by atoms with Crippen molar-refractivity contribution < 1.29 is 18.0 Å². The summed E-state index contributed by atoms with van der Waals surface area (Å²) in [5.74, 6) is 0.207. The van der Waals surface area contributed by atoms with Crippen LogP contribution in [0.1, 0.15) is 19.8 Å². The smallest absolute Gasteiger partial charge is 0.397 e. The summed E-state index contributed by atoms with van der Waals surface area (Å²) in [6.07, 6.45) is -3.49. The SMILES string of the molecule is C/C(N)=C/C(N)=N/c1cc(N2CCC2)nc(Sc2ccc(NC(=O)CC(F)(F)F)cc2)n1. The van der Waals surface area contributed by atoms with Gasteiger partial charge < -0.3 is 21.7 Å². The number of nitrogens with zero attached hydrogens (tertiary/aromatic N) is 4. The number of hydrogen-bond acceptors (Lipinski definition) is 7. The van der Waals surface area contributed by atoms with E-state index in [-0.39, 0.29) is 11.5 Å². The molecule has 3 rings (SSSR count). The maximum absolute atomic E-state index is 12.3. The van der Waals surface area contributed by atoms with Crippen LogP contribution in [-0.2, 0) is 4.79 Å². The fourth-order valence-corrected chi connectivity index (χ4v) is 3.47. The summed E-state index contributed by atoms with van der Waals surface area (Å²) < 4.78 is 36.9. The summed E-state index contributed by atoms with van der Waals surface area (Å²) in [7, 11) is 0. The van der Waals surface area contributed by atoms with Crippen LogP contribution >= 0.6 is 11.8 Å². The third kappa shape index (κ3) is 7.15. The molecule has 1 aromatic heterocycles. The number of allylic oxidation sites excluding steroid dienone is 1. The van der Waals surface area contributed by atoms with E-state index in [2.05, 4.69) is 25.2 Å². The molecule has 32 heavy (non-hydrogen) atoms. The maximum atomic E-state index is 12.3. The quantitative estimate of drug-likeness (QED) is 0.324. The van der Waals surface area contributed by atoms with Gasteiger partial charge in [-0.3, -0.25) is 4.79 Å². The summed E-state index contributed by atoms with van der Waals surface area (Å²) in [6.45, 7) is 3.46. The zero-order chi connectivity index (χ0) is 23.3. The van der Waals surface area contributed by atoms with Gasteiger partial charge in [0.05, 0.1) is 0 Å². The van der Waals surface area contributed by atoms with Crippen molar-refractivity contribution in [3.05, 3.63) is 42.1 Å². The zero-order valence-electron chi connectivity index (χ0n) is 17.2. The van der Waals surface area contributed by atoms with Gasteiger partial charge in [0.2, 0.25) is 5.91 Å². The number of rotatable bonds is 7. The standard InChI is InChI=1S/C20H22F3N7OS/c1-12(24)9-15(25)27-16-10-17(30-7-2-8-30)29-19(28-16)32-14-5-3-13(4-6-14)26-18(31)11-20(21,22)23/h3-6,9-10H,2,7-8,11,24H2,1H3,(H,26,31)(H2,25,27,28,29)/b12-9-. The Morgan fingerprint density at radius 2 is 1.94 bits per heavy atom. The van der Waals surface area contributed by atoms with Gasteiger partial charge in [-0.15, -0.1) is 0 Å². The van der Waals surface area contributed by atoms with Crippen molar-refractivity contribution in [2.75, 3.05) is 23.3 Å². The number of aromatic nitrogens is 2. The van der Waals surface area contributed by atoms with Gasteiger partial charge in [0.25, 0.3) is 0 Å². The molecule has 1 aromatic carbocycles. The molecule has 8 nitrogen and oxygen atoms in total. The number of benzene rings is 1. The van der Waals surface area contributed by atoms with Crippen LogP contribution in [0, 0.1) is 0 Å². The first-order valence-corrected chi connectivity index (χ1v) is 10.5. The first kappa shape index (κ1) is 23.4. The number of amidine groups is 1. The summed E-state index contributed by atoms with van der Waals surface area (Å²) in [6, 6.07) is 8.09. The number of hydrogen-bond donors (Lipinski definition) is 3. The Bertz CT molecular complexity index is 1030. The highest BCUT2D eigenvalue weighted by molar-refractivity contribution is 7.99. The van der Waals surface area contributed by atoms with Crippen molar-refractivity contribution in [3.8, 4) is 0 Å². The number of alkyl halides is 3. The topological polar surface area (TPSA) is 123 Å². The molecule has 1 saturated heterocycles. The van der Waals surface area contributed by atoms with E-state index in [1.165, 1.54) is 30.0 Å². The molecule has 5 N–H and O–H groups in total. The summed E-state index contributed by atoms with van der Waals surface area (Å²) in [4.78, 5) is 27.5. The van der Waals surface area contributed by atoms with Gasteiger partial charge in [0.15, 0.2) is 11.0 Å². The molecule has 0 spiro atoms. The highest BCUT2D eigenvalue weighted by Crippen LogP contribution is 2.31. The second-order valence-corrected chi connectivity index (χ2v) is 8.14. The van der Waals surface area contributed by atoms with Crippen LogP contribution in [0.15, 0.2) is 57.1 Å². The number of nitrogens with two attached hydrogens (primary N) is 2. The third-order valence-electron chi connectivity index (χ3n) is 4.19. The number of amides is 1. The Labute approximate surface area is 187 Å². The minimum Gasteiger partial charge on any atom is -0.402 e. The largest absolute Gasteiger partial charge is 0.402 e. The van der Waals surface area contributed by atoms with E-state index >= 15 is 0 Å². The molecule has 2 heterocycles. The monoisotopic (exact) mass is 465 g/mol. The molecule has 0 bridgehead atoms. The molecule has 1 fully saturated rings. The average Bonchev–Trinajstić information content (AvgIpc) is 2.59. The van der Waals surface area contributed by atoms with Gasteiger partial charge in [-0.05, 0) is 55.4 Å². The van der Waals surface area contributed by atoms with Crippen molar-refractivity contribution in [3.63, 3.8) is 0 Å². The predicted octanol–water partition coefficient (Wildman–Crippen LogP) is 3.58. The number of halogens is 3. The number of nitrogens with one attached hydrogen (secondary N) is 1. The molecule has 170 valence electrons. The Kier molecular flexibility index (Phi) is 7.23. The van der Waals surface area contributed by atoms with Crippen molar-refractivity contribution in [1.82, 2.24) is 9.97 Å². The van der Waals surface area contributed by atoms with E-state index in [9.17, 15) is 18.0 Å². The molecule has 0 atom stereocenters. The molecule has 1 amide bonds. The van der Waals surface area contributed by atoms with E-state index in [0.717, 1.165) is 30.2 Å². The molecular weight excluding hydrogens is 443 g/mol. The first-order chi connectivity index (χ1) is 15.1. The lowest BCUT2D eigenvalue weighted by Gasteiger charge is -2.32. The van der Waals surface area contributed by atoms with Gasteiger partial charge >= 0.3 is 6.18 Å². The zero-order valence-corrected chi connectivity index (χ0v) is 18.0. The van der Waals surface area contributed by atoms with Gasteiger partial charge in [-0.2, -0.15) is 13.2 Å². The minimum absolute atomic E-state index is 0.216. The molecule has 1 aliphatic heterocycles. The van der Waals surface area contributed by atoms with Crippen LogP contribution < -0.4 is 21.7 Å². The van der Waals surface area contributed by atoms with Crippen LogP contribution in [0.2, 0.25) is 0 Å². The number of carbonyl (C=O) groups is 1. The van der Waals surface area contributed by atoms with E-state index < -0.39 is 18.5 Å². The van der Waals surface area contributed by atoms with Crippen LogP contribution in [0.5, 0.6) is 0 Å². The Morgan fingerprint density at radius 1 is 1.25 bits per heavy atom. The summed E-state index contributed by atoms with van der Waals surface area (Å²) in [5.41, 5.74) is 12.3. The lowest BCUT2D eigenvalue weighted by Crippen LogP contribution is -2.37. The van der Waals surface area contributed by atoms with Crippen molar-refractivity contribution >= 4 is 40.8 Å². The normalized spacial score (nSPS) is 14.8. The number of aliphatic imine (C=N–C) groups is 1. The summed E-state index contributed by atoms with van der Waals surface area (Å²) in [5, 5.41) is 2.66. The van der Waals surface area contributed by atoms with Crippen LogP contribution in [0.4, 0.5) is 30.5 Å². The third-order valence-corrected chi connectivity index (χ3v) is 5.06. The Morgan fingerprint density at radius 3 is 2.50 bits per heavy atom. The van der Waals surface area contributed by atoms with E-state index in [0.29, 0.717) is 16.7 Å². The molecule has 1 aliphatic rings. The minimum atomic E-state index is -4.55. The second-order valence-electron chi connectivity index (χ2n) is 7.10. The fraction of sp³-hybridized carbons (Fsp3) is 0.300. The molecular formula is C20H22F3N7OS. The van der Waals surface area contributed by atoms with Crippen molar-refractivity contribution in [2.45, 2.75) is 36.0 Å². The van der Waals surface area contributed by atoms with E-state index in [1.807, 2.05) is 0 Å². The molecule has 0 aliphatic carbocycles. The predicted molar refractivity (Wildman–Crippen MR) is 118 cm³/mol. The van der Waals surface area contributed by atoms with Crippen molar-refractivity contribution in [1.29, 1.82) is 0 Å². The second kappa shape index (κ2) is 9.90. The number of carbonyl (C=O) groups excluding carboxylic acids is 1. The molecule has 0 radical (unpaired) electrons. The lowest BCUT2D eigenvalue weighted by atomic mass is 10.2. The van der Waals surface area contributed by atoms with Gasteiger partial charge in [-0.1, -0.05) is 0 Å². The number of anilines is 2. The van der Waals surface area contributed by atoms with Gasteiger partial charge in [-0.25, -0.2) is 15.0 Å². The highest BCUT2D eigenvalue weighted by atomic mass is 32.2. The van der Waals surface area contributed by atoms with Gasteiger partial charge in [0, 0.05) is 35.4 Å². The lowest BCUT2D eigenvalue weighted by molar-refractivity contribution is -0.150. The molecule has 0 saturated carbocycles. The Balaban J connectivity index is 1.76. The van der Waals surface area contributed by atoms with E-state index in [1.54, 1.807) is 25.1 Å².